The first-order chi connectivity index (χ1) is 8.58. The normalized spacial score (nSPS) is 12.4. The molecule has 0 aliphatic rings. The van der Waals surface area contributed by atoms with E-state index in [9.17, 15) is 9.50 Å². The molecule has 2 aromatic carbocycles. The molecule has 2 rings (SSSR count). The minimum Gasteiger partial charge on any atom is -0.388 e. The number of halogens is 2. The van der Waals surface area contributed by atoms with Gasteiger partial charge in [-0.1, -0.05) is 53.6 Å². The molecule has 18 heavy (non-hydrogen) atoms. The first-order valence-electron chi connectivity index (χ1n) is 5.75. The van der Waals surface area contributed by atoms with Crippen LogP contribution in [0.2, 0.25) is 5.02 Å². The Labute approximate surface area is 111 Å². The van der Waals surface area contributed by atoms with Crippen molar-refractivity contribution in [3.8, 4) is 0 Å². The van der Waals surface area contributed by atoms with Crippen LogP contribution in [-0.4, -0.2) is 5.11 Å². The second-order valence-electron chi connectivity index (χ2n) is 4.35. The average molecular weight is 265 g/mol. The van der Waals surface area contributed by atoms with Crippen molar-refractivity contribution < 1.29 is 9.50 Å². The Balaban J connectivity index is 2.21. The Morgan fingerprint density at radius 3 is 2.67 bits per heavy atom. The van der Waals surface area contributed by atoms with Crippen molar-refractivity contribution in [2.75, 3.05) is 0 Å². The predicted octanol–water partition coefficient (Wildman–Crippen LogP) is 4.06. The number of hydrogen-bond donors (Lipinski definition) is 1. The van der Waals surface area contributed by atoms with Crippen molar-refractivity contribution in [1.82, 2.24) is 0 Å². The van der Waals surface area contributed by atoms with Crippen LogP contribution < -0.4 is 0 Å². The molecule has 3 heteroatoms. The van der Waals surface area contributed by atoms with Gasteiger partial charge < -0.3 is 5.11 Å². The summed E-state index contributed by atoms with van der Waals surface area (Å²) < 4.78 is 13.7. The summed E-state index contributed by atoms with van der Waals surface area (Å²) in [5.41, 5.74) is 2.28. The fourth-order valence-electron chi connectivity index (χ4n) is 1.91. The highest BCUT2D eigenvalue weighted by atomic mass is 35.5. The van der Waals surface area contributed by atoms with E-state index in [1.165, 1.54) is 6.07 Å². The van der Waals surface area contributed by atoms with Crippen LogP contribution in [0.5, 0.6) is 0 Å². The number of hydrogen-bond acceptors (Lipinski definition) is 1. The molecule has 1 N–H and O–H groups in total. The van der Waals surface area contributed by atoms with Crippen LogP contribution in [0.1, 0.15) is 22.8 Å². The summed E-state index contributed by atoms with van der Waals surface area (Å²) >= 11 is 5.71. The van der Waals surface area contributed by atoms with Crippen molar-refractivity contribution in [1.29, 1.82) is 0 Å². The second kappa shape index (κ2) is 5.51. The van der Waals surface area contributed by atoms with Gasteiger partial charge in [-0.25, -0.2) is 4.39 Å². The molecule has 1 atom stereocenters. The van der Waals surface area contributed by atoms with Crippen LogP contribution in [0.3, 0.4) is 0 Å². The molecule has 0 saturated carbocycles. The van der Waals surface area contributed by atoms with Gasteiger partial charge in [-0.15, -0.1) is 0 Å². The summed E-state index contributed by atoms with van der Waals surface area (Å²) in [6.07, 6.45) is -0.506. The number of aliphatic hydroxyl groups is 1. The van der Waals surface area contributed by atoms with E-state index in [-0.39, 0.29) is 11.4 Å². The molecule has 0 spiro atoms. The number of aliphatic hydroxyl groups excluding tert-OH is 1. The van der Waals surface area contributed by atoms with E-state index >= 15 is 0 Å². The summed E-state index contributed by atoms with van der Waals surface area (Å²) in [4.78, 5) is 0. The van der Waals surface area contributed by atoms with Crippen LogP contribution in [0.25, 0.3) is 0 Å². The van der Waals surface area contributed by atoms with Gasteiger partial charge in [0.25, 0.3) is 0 Å². The summed E-state index contributed by atoms with van der Waals surface area (Å²) in [6, 6.07) is 12.4. The molecule has 0 fully saturated rings. The lowest BCUT2D eigenvalue weighted by Gasteiger charge is -2.12. The molecule has 1 unspecified atom stereocenters. The van der Waals surface area contributed by atoms with E-state index < -0.39 is 11.9 Å². The molecule has 0 amide bonds. The van der Waals surface area contributed by atoms with E-state index in [2.05, 4.69) is 0 Å². The lowest BCUT2D eigenvalue weighted by Crippen LogP contribution is -2.04. The molecule has 0 aliphatic heterocycles. The maximum Gasteiger partial charge on any atom is 0.145 e. The minimum atomic E-state index is -0.724. The highest BCUT2D eigenvalue weighted by molar-refractivity contribution is 6.30. The van der Waals surface area contributed by atoms with Gasteiger partial charge in [0.05, 0.1) is 11.1 Å². The largest absolute Gasteiger partial charge is 0.388 e. The van der Waals surface area contributed by atoms with Crippen molar-refractivity contribution >= 4 is 11.6 Å². The Morgan fingerprint density at radius 2 is 1.94 bits per heavy atom. The number of benzene rings is 2. The molecule has 1 nitrogen and oxygen atoms in total. The van der Waals surface area contributed by atoms with E-state index in [0.717, 1.165) is 11.1 Å². The van der Waals surface area contributed by atoms with Crippen molar-refractivity contribution in [3.63, 3.8) is 0 Å². The molecule has 0 aliphatic carbocycles. The summed E-state index contributed by atoms with van der Waals surface area (Å²) in [7, 11) is 0. The van der Waals surface area contributed by atoms with Crippen LogP contribution in [-0.2, 0) is 6.42 Å². The maximum atomic E-state index is 13.7. The third-order valence-corrected chi connectivity index (χ3v) is 3.16. The predicted molar refractivity (Wildman–Crippen MR) is 71.3 cm³/mol. The first-order valence-corrected chi connectivity index (χ1v) is 6.13. The molecule has 2 aromatic rings. The Bertz CT molecular complexity index is 554. The Hall–Kier alpha value is -1.38. The van der Waals surface area contributed by atoms with E-state index in [0.29, 0.717) is 5.56 Å². The van der Waals surface area contributed by atoms with Crippen LogP contribution in [0.4, 0.5) is 4.39 Å². The molecular formula is C15H14ClFO. The third kappa shape index (κ3) is 2.89. The number of rotatable bonds is 3. The van der Waals surface area contributed by atoms with Crippen LogP contribution in [0.15, 0.2) is 42.5 Å². The van der Waals surface area contributed by atoms with Crippen molar-refractivity contribution in [3.05, 3.63) is 70.0 Å². The minimum absolute atomic E-state index is 0.0870. The lowest BCUT2D eigenvalue weighted by molar-refractivity contribution is 0.177. The van der Waals surface area contributed by atoms with E-state index in [1.807, 2.05) is 31.2 Å². The van der Waals surface area contributed by atoms with Gasteiger partial charge in [0, 0.05) is 6.42 Å². The van der Waals surface area contributed by atoms with Gasteiger partial charge >= 0.3 is 0 Å². The molecule has 0 bridgehead atoms. The Kier molecular flexibility index (Phi) is 4.00. The van der Waals surface area contributed by atoms with Gasteiger partial charge in [0.2, 0.25) is 0 Å². The molecule has 94 valence electrons. The van der Waals surface area contributed by atoms with Gasteiger partial charge in [-0.05, 0) is 24.1 Å². The first kappa shape index (κ1) is 13.1. The maximum absolute atomic E-state index is 13.7. The molecule has 0 saturated heterocycles. The van der Waals surface area contributed by atoms with Gasteiger partial charge in [0.15, 0.2) is 0 Å². The molecule has 0 heterocycles. The zero-order valence-corrected chi connectivity index (χ0v) is 10.8. The smallest absolute Gasteiger partial charge is 0.145 e. The molecule has 0 aromatic heterocycles. The summed E-state index contributed by atoms with van der Waals surface area (Å²) in [5.74, 6) is -0.453. The average Bonchev–Trinajstić information content (AvgIpc) is 2.35. The van der Waals surface area contributed by atoms with E-state index in [1.54, 1.807) is 12.1 Å². The van der Waals surface area contributed by atoms with Gasteiger partial charge in [0.1, 0.15) is 5.82 Å². The lowest BCUT2D eigenvalue weighted by atomic mass is 10.00. The van der Waals surface area contributed by atoms with Gasteiger partial charge in [-0.3, -0.25) is 0 Å². The number of aryl methyl sites for hydroxylation is 1. The highest BCUT2D eigenvalue weighted by Gasteiger charge is 2.13. The SMILES string of the molecule is Cc1cccc(C(O)Cc2cccc(Cl)c2F)c1. The fraction of sp³-hybridized carbons (Fsp3) is 0.200. The zero-order valence-electron chi connectivity index (χ0n) is 10.0. The summed E-state index contributed by atoms with van der Waals surface area (Å²) in [5, 5.41) is 10.2. The van der Waals surface area contributed by atoms with Crippen molar-refractivity contribution in [2.45, 2.75) is 19.4 Å². The molecular weight excluding hydrogens is 251 g/mol. The second-order valence-corrected chi connectivity index (χ2v) is 4.75. The summed E-state index contributed by atoms with van der Waals surface area (Å²) in [6.45, 7) is 1.95. The van der Waals surface area contributed by atoms with Crippen molar-refractivity contribution in [2.24, 2.45) is 0 Å². The third-order valence-electron chi connectivity index (χ3n) is 2.87. The van der Waals surface area contributed by atoms with Crippen LogP contribution in [0, 0.1) is 12.7 Å². The zero-order chi connectivity index (χ0) is 13.1. The standard InChI is InChI=1S/C15H14ClFO/c1-10-4-2-5-11(8-10)14(18)9-12-6-3-7-13(16)15(12)17/h2-8,14,18H,9H2,1H3. The quantitative estimate of drug-likeness (QED) is 0.886. The molecule has 0 radical (unpaired) electrons. The van der Waals surface area contributed by atoms with Crippen LogP contribution >= 0.6 is 11.6 Å². The fourth-order valence-corrected chi connectivity index (χ4v) is 2.10. The highest BCUT2D eigenvalue weighted by Crippen LogP contribution is 2.24. The van der Waals surface area contributed by atoms with E-state index in [4.69, 9.17) is 11.6 Å². The Morgan fingerprint density at radius 1 is 1.22 bits per heavy atom. The van der Waals surface area contributed by atoms with Gasteiger partial charge in [-0.2, -0.15) is 0 Å². The monoisotopic (exact) mass is 264 g/mol. The topological polar surface area (TPSA) is 20.2 Å².